The molecule has 0 aromatic carbocycles. The van der Waals surface area contributed by atoms with E-state index in [0.717, 1.165) is 30.7 Å². The Kier molecular flexibility index (Phi) is 3.65. The fourth-order valence-electron chi connectivity index (χ4n) is 3.14. The number of furan rings is 1. The number of thiazole rings is 1. The van der Waals surface area contributed by atoms with Crippen molar-refractivity contribution < 1.29 is 14.0 Å². The fraction of sp³-hybridized carbons (Fsp3) is 0.438. The zero-order valence-electron chi connectivity index (χ0n) is 12.6. The molecule has 120 valence electrons. The number of hydrogen-bond donors (Lipinski definition) is 1. The second-order valence-electron chi connectivity index (χ2n) is 5.99. The number of carbonyl (C=O) groups is 2. The topological polar surface area (TPSA) is 75.4 Å². The summed E-state index contributed by atoms with van der Waals surface area (Å²) < 4.78 is 5.27. The zero-order valence-corrected chi connectivity index (χ0v) is 13.4. The lowest BCUT2D eigenvalue weighted by atomic mass is 10.1. The van der Waals surface area contributed by atoms with Gasteiger partial charge in [-0.2, -0.15) is 0 Å². The average molecular weight is 331 g/mol. The predicted octanol–water partition coefficient (Wildman–Crippen LogP) is 2.21. The number of amides is 2. The van der Waals surface area contributed by atoms with E-state index in [0.29, 0.717) is 18.2 Å². The van der Waals surface area contributed by atoms with E-state index in [9.17, 15) is 9.59 Å². The van der Waals surface area contributed by atoms with Crippen molar-refractivity contribution in [3.8, 4) is 0 Å². The first-order valence-electron chi connectivity index (χ1n) is 7.78. The van der Waals surface area contributed by atoms with E-state index < -0.39 is 0 Å². The molecular formula is C16H17N3O3S. The van der Waals surface area contributed by atoms with E-state index in [4.69, 9.17) is 4.42 Å². The van der Waals surface area contributed by atoms with Crippen LogP contribution in [0.15, 0.2) is 22.8 Å². The van der Waals surface area contributed by atoms with Crippen LogP contribution in [-0.4, -0.2) is 28.2 Å². The number of aromatic nitrogens is 1. The molecule has 1 fully saturated rings. The minimum atomic E-state index is -0.323. The molecule has 2 aliphatic rings. The van der Waals surface area contributed by atoms with Gasteiger partial charge in [-0.15, -0.1) is 11.3 Å². The van der Waals surface area contributed by atoms with Crippen molar-refractivity contribution >= 4 is 28.3 Å². The Morgan fingerprint density at radius 1 is 1.48 bits per heavy atom. The Balaban J connectivity index is 1.38. The molecule has 0 spiro atoms. The lowest BCUT2D eigenvalue weighted by Crippen LogP contribution is -2.27. The van der Waals surface area contributed by atoms with Gasteiger partial charge >= 0.3 is 0 Å². The lowest BCUT2D eigenvalue weighted by Gasteiger charge is -2.14. The van der Waals surface area contributed by atoms with Gasteiger partial charge in [0, 0.05) is 17.8 Å². The fourth-order valence-corrected chi connectivity index (χ4v) is 4.20. The summed E-state index contributed by atoms with van der Waals surface area (Å²) in [7, 11) is 0. The molecule has 1 unspecified atom stereocenters. The standard InChI is InChI=1S/C16H17N3O3S/c20-14-7-10(8-19(14)9-11-3-2-6-22-11)15(21)18-16-17-12-4-1-5-13(12)23-16/h2-3,6,10H,1,4-5,7-9H2,(H,17,18,21). The Bertz CT molecular complexity index is 716. The van der Waals surface area contributed by atoms with Gasteiger partial charge in [0.2, 0.25) is 11.8 Å². The summed E-state index contributed by atoms with van der Waals surface area (Å²) in [5, 5.41) is 3.54. The highest BCUT2D eigenvalue weighted by atomic mass is 32.1. The molecular weight excluding hydrogens is 314 g/mol. The molecule has 4 rings (SSSR count). The van der Waals surface area contributed by atoms with Gasteiger partial charge in [-0.05, 0) is 31.4 Å². The van der Waals surface area contributed by atoms with Crippen molar-refractivity contribution in [2.24, 2.45) is 5.92 Å². The molecule has 0 saturated carbocycles. The van der Waals surface area contributed by atoms with Gasteiger partial charge in [-0.25, -0.2) is 4.98 Å². The molecule has 1 saturated heterocycles. The molecule has 1 N–H and O–H groups in total. The number of rotatable bonds is 4. The summed E-state index contributed by atoms with van der Waals surface area (Å²) in [6, 6.07) is 3.62. The van der Waals surface area contributed by atoms with Crippen LogP contribution in [0.1, 0.15) is 29.2 Å². The Labute approximate surface area is 137 Å². The van der Waals surface area contributed by atoms with E-state index in [1.54, 1.807) is 28.6 Å². The summed E-state index contributed by atoms with van der Waals surface area (Å²) in [4.78, 5) is 31.9. The number of hydrogen-bond acceptors (Lipinski definition) is 5. The normalized spacial score (nSPS) is 20.1. The van der Waals surface area contributed by atoms with Crippen LogP contribution in [0.2, 0.25) is 0 Å². The van der Waals surface area contributed by atoms with Crippen LogP contribution < -0.4 is 5.32 Å². The molecule has 0 radical (unpaired) electrons. The molecule has 1 aliphatic heterocycles. The molecule has 3 heterocycles. The van der Waals surface area contributed by atoms with Gasteiger partial charge < -0.3 is 14.6 Å². The summed E-state index contributed by atoms with van der Waals surface area (Å²) in [6.45, 7) is 0.845. The van der Waals surface area contributed by atoms with Crippen LogP contribution in [0.4, 0.5) is 5.13 Å². The number of aryl methyl sites for hydroxylation is 2. The highest BCUT2D eigenvalue weighted by molar-refractivity contribution is 7.15. The maximum absolute atomic E-state index is 12.4. The highest BCUT2D eigenvalue weighted by Gasteiger charge is 2.35. The second kappa shape index (κ2) is 5.81. The van der Waals surface area contributed by atoms with Crippen molar-refractivity contribution in [2.45, 2.75) is 32.2 Å². The molecule has 2 aromatic heterocycles. The molecule has 1 aliphatic carbocycles. The number of nitrogens with zero attached hydrogens (tertiary/aromatic N) is 2. The van der Waals surface area contributed by atoms with E-state index in [2.05, 4.69) is 10.3 Å². The van der Waals surface area contributed by atoms with Gasteiger partial charge in [-0.1, -0.05) is 0 Å². The minimum Gasteiger partial charge on any atom is -0.467 e. The summed E-state index contributed by atoms with van der Waals surface area (Å²) >= 11 is 1.56. The van der Waals surface area contributed by atoms with Crippen molar-refractivity contribution in [1.82, 2.24) is 9.88 Å². The van der Waals surface area contributed by atoms with Gasteiger partial charge in [0.15, 0.2) is 5.13 Å². The predicted molar refractivity (Wildman–Crippen MR) is 85.0 cm³/mol. The van der Waals surface area contributed by atoms with Crippen molar-refractivity contribution in [1.29, 1.82) is 0 Å². The number of nitrogens with one attached hydrogen (secondary N) is 1. The van der Waals surface area contributed by atoms with Crippen molar-refractivity contribution in [3.63, 3.8) is 0 Å². The first-order chi connectivity index (χ1) is 11.2. The third-order valence-electron chi connectivity index (χ3n) is 4.34. The number of fused-ring (bicyclic) bond motifs is 1. The van der Waals surface area contributed by atoms with E-state index in [1.165, 1.54) is 4.88 Å². The molecule has 6 nitrogen and oxygen atoms in total. The number of anilines is 1. The Hall–Kier alpha value is -2.15. The van der Waals surface area contributed by atoms with E-state index in [-0.39, 0.29) is 24.2 Å². The zero-order chi connectivity index (χ0) is 15.8. The molecule has 7 heteroatoms. The summed E-state index contributed by atoms with van der Waals surface area (Å²) in [6.07, 6.45) is 5.04. The first kappa shape index (κ1) is 14.4. The molecule has 1 atom stereocenters. The van der Waals surface area contributed by atoms with Crippen molar-refractivity contribution in [3.05, 3.63) is 34.7 Å². The molecule has 2 aromatic rings. The van der Waals surface area contributed by atoms with E-state index >= 15 is 0 Å². The lowest BCUT2D eigenvalue weighted by molar-refractivity contribution is -0.128. The third-order valence-corrected chi connectivity index (χ3v) is 5.41. The maximum atomic E-state index is 12.4. The maximum Gasteiger partial charge on any atom is 0.231 e. The van der Waals surface area contributed by atoms with Crippen LogP contribution in [0.5, 0.6) is 0 Å². The largest absolute Gasteiger partial charge is 0.467 e. The highest BCUT2D eigenvalue weighted by Crippen LogP contribution is 2.31. The summed E-state index contributed by atoms with van der Waals surface area (Å²) in [5.41, 5.74) is 1.12. The van der Waals surface area contributed by atoms with Gasteiger partial charge in [0.25, 0.3) is 0 Å². The van der Waals surface area contributed by atoms with Gasteiger partial charge in [0.05, 0.1) is 24.4 Å². The molecule has 23 heavy (non-hydrogen) atoms. The minimum absolute atomic E-state index is 0.0109. The first-order valence-corrected chi connectivity index (χ1v) is 8.60. The van der Waals surface area contributed by atoms with Gasteiger partial charge in [0.1, 0.15) is 5.76 Å². The molecule has 2 amide bonds. The van der Waals surface area contributed by atoms with Crippen LogP contribution in [0.25, 0.3) is 0 Å². The Morgan fingerprint density at radius 2 is 2.39 bits per heavy atom. The smallest absolute Gasteiger partial charge is 0.231 e. The quantitative estimate of drug-likeness (QED) is 0.932. The number of carbonyl (C=O) groups excluding carboxylic acids is 2. The van der Waals surface area contributed by atoms with E-state index in [1.807, 2.05) is 6.07 Å². The SMILES string of the molecule is O=C(Nc1nc2c(s1)CCC2)C1CC(=O)N(Cc2ccco2)C1. The average Bonchev–Trinajstić information content (AvgIpc) is 3.24. The summed E-state index contributed by atoms with van der Waals surface area (Å²) in [5.74, 6) is 0.280. The van der Waals surface area contributed by atoms with Crippen LogP contribution in [0, 0.1) is 5.92 Å². The number of likely N-dealkylation sites (tertiary alicyclic amines) is 1. The van der Waals surface area contributed by atoms with Gasteiger partial charge in [-0.3, -0.25) is 9.59 Å². The van der Waals surface area contributed by atoms with Crippen LogP contribution in [0.3, 0.4) is 0 Å². The molecule has 0 bridgehead atoms. The van der Waals surface area contributed by atoms with Crippen molar-refractivity contribution in [2.75, 3.05) is 11.9 Å². The van der Waals surface area contributed by atoms with Crippen LogP contribution in [-0.2, 0) is 29.0 Å². The third kappa shape index (κ3) is 2.88. The monoisotopic (exact) mass is 331 g/mol. The Morgan fingerprint density at radius 3 is 3.17 bits per heavy atom. The van der Waals surface area contributed by atoms with Crippen LogP contribution >= 0.6 is 11.3 Å². The second-order valence-corrected chi connectivity index (χ2v) is 7.07.